The number of rotatable bonds is 4. The van der Waals surface area contributed by atoms with Gasteiger partial charge in [-0.15, -0.1) is 0 Å². The third-order valence-corrected chi connectivity index (χ3v) is 3.77. The van der Waals surface area contributed by atoms with Gasteiger partial charge in [-0.25, -0.2) is 0 Å². The molecule has 5 nitrogen and oxygen atoms in total. The maximum atomic E-state index is 12.0. The molecule has 1 aromatic carbocycles. The fourth-order valence-electron chi connectivity index (χ4n) is 1.70. The van der Waals surface area contributed by atoms with Crippen LogP contribution in [0.4, 0.5) is 5.69 Å². The van der Waals surface area contributed by atoms with E-state index in [1.807, 2.05) is 19.1 Å². The topological polar surface area (TPSA) is 72.9 Å². The molecule has 0 bridgehead atoms. The predicted octanol–water partition coefficient (Wildman–Crippen LogP) is 1.97. The van der Waals surface area contributed by atoms with Crippen LogP contribution in [0.2, 0.25) is 0 Å². The van der Waals surface area contributed by atoms with Crippen molar-refractivity contribution in [1.29, 1.82) is 0 Å². The smallest absolute Gasteiger partial charge is 0.252 e. The van der Waals surface area contributed by atoms with E-state index in [0.29, 0.717) is 24.3 Å². The summed E-state index contributed by atoms with van der Waals surface area (Å²) in [5.41, 5.74) is 7.85. The Morgan fingerprint density at radius 1 is 1.53 bits per heavy atom. The van der Waals surface area contributed by atoms with Gasteiger partial charge in [0.15, 0.2) is 0 Å². The Labute approximate surface area is 119 Å². The molecular weight excluding hydrogens is 308 g/mol. The van der Waals surface area contributed by atoms with Gasteiger partial charge in [-0.1, -0.05) is 12.1 Å². The molecule has 6 heteroatoms. The first kappa shape index (κ1) is 13.6. The van der Waals surface area contributed by atoms with Crippen molar-refractivity contribution >= 4 is 27.5 Å². The van der Waals surface area contributed by atoms with Crippen LogP contribution in [0.5, 0.6) is 0 Å². The number of benzene rings is 1. The SMILES string of the molecule is Cc1cccc(C(=O)NCCn2cc(N)cn2)c1Br. The van der Waals surface area contributed by atoms with Gasteiger partial charge in [0.25, 0.3) is 5.91 Å². The lowest BCUT2D eigenvalue weighted by Crippen LogP contribution is -2.27. The summed E-state index contributed by atoms with van der Waals surface area (Å²) in [6.07, 6.45) is 3.31. The van der Waals surface area contributed by atoms with E-state index in [1.165, 1.54) is 0 Å². The van der Waals surface area contributed by atoms with Crippen molar-refractivity contribution in [2.45, 2.75) is 13.5 Å². The molecule has 1 aromatic heterocycles. The predicted molar refractivity (Wildman–Crippen MR) is 77.9 cm³/mol. The molecule has 0 aliphatic heterocycles. The molecule has 0 fully saturated rings. The van der Waals surface area contributed by atoms with Crippen LogP contribution in [0.25, 0.3) is 0 Å². The summed E-state index contributed by atoms with van der Waals surface area (Å²) in [5.74, 6) is -0.101. The minimum absolute atomic E-state index is 0.101. The van der Waals surface area contributed by atoms with Gasteiger partial charge in [0.1, 0.15) is 0 Å². The lowest BCUT2D eigenvalue weighted by Gasteiger charge is -2.08. The number of nitrogen functional groups attached to an aromatic ring is 1. The van der Waals surface area contributed by atoms with Crippen LogP contribution >= 0.6 is 15.9 Å². The van der Waals surface area contributed by atoms with Crippen LogP contribution in [0, 0.1) is 6.92 Å². The molecule has 0 saturated heterocycles. The lowest BCUT2D eigenvalue weighted by molar-refractivity contribution is 0.0951. The molecule has 0 radical (unpaired) electrons. The van der Waals surface area contributed by atoms with Gasteiger partial charge in [-0.05, 0) is 34.5 Å². The van der Waals surface area contributed by atoms with Crippen LogP contribution in [-0.4, -0.2) is 22.2 Å². The molecule has 3 N–H and O–H groups in total. The summed E-state index contributed by atoms with van der Waals surface area (Å²) < 4.78 is 2.52. The first-order valence-corrected chi connectivity index (χ1v) is 6.68. The number of nitrogens with one attached hydrogen (secondary N) is 1. The molecule has 100 valence electrons. The van der Waals surface area contributed by atoms with Gasteiger partial charge in [0, 0.05) is 17.2 Å². The minimum atomic E-state index is -0.101. The molecule has 0 unspecified atom stereocenters. The number of aromatic nitrogens is 2. The number of halogens is 1. The Hall–Kier alpha value is -1.82. The van der Waals surface area contributed by atoms with Gasteiger partial charge >= 0.3 is 0 Å². The summed E-state index contributed by atoms with van der Waals surface area (Å²) in [5, 5.41) is 6.90. The number of carbonyl (C=O) groups excluding carboxylic acids is 1. The maximum absolute atomic E-state index is 12.0. The second-order valence-corrected chi connectivity index (χ2v) is 5.02. The number of hydrogen-bond acceptors (Lipinski definition) is 3. The highest BCUT2D eigenvalue weighted by atomic mass is 79.9. The Morgan fingerprint density at radius 2 is 2.32 bits per heavy atom. The van der Waals surface area contributed by atoms with Crippen molar-refractivity contribution < 1.29 is 4.79 Å². The van der Waals surface area contributed by atoms with Gasteiger partial charge in [0.2, 0.25) is 0 Å². The number of amides is 1. The number of carbonyl (C=O) groups is 1. The maximum Gasteiger partial charge on any atom is 0.252 e. The van der Waals surface area contributed by atoms with Crippen molar-refractivity contribution in [3.63, 3.8) is 0 Å². The normalized spacial score (nSPS) is 10.4. The molecule has 2 rings (SSSR count). The molecule has 1 heterocycles. The lowest BCUT2D eigenvalue weighted by atomic mass is 10.1. The van der Waals surface area contributed by atoms with Crippen molar-refractivity contribution in [1.82, 2.24) is 15.1 Å². The molecule has 0 aliphatic carbocycles. The zero-order valence-corrected chi connectivity index (χ0v) is 12.1. The highest BCUT2D eigenvalue weighted by molar-refractivity contribution is 9.10. The number of nitrogens with two attached hydrogens (primary N) is 1. The van der Waals surface area contributed by atoms with Crippen molar-refractivity contribution in [3.8, 4) is 0 Å². The fraction of sp³-hybridized carbons (Fsp3) is 0.231. The first-order chi connectivity index (χ1) is 9.08. The van der Waals surface area contributed by atoms with Crippen molar-refractivity contribution in [3.05, 3.63) is 46.2 Å². The van der Waals surface area contributed by atoms with Crippen LogP contribution in [0.15, 0.2) is 35.1 Å². The van der Waals surface area contributed by atoms with E-state index >= 15 is 0 Å². The van der Waals surface area contributed by atoms with Crippen LogP contribution in [0.3, 0.4) is 0 Å². The molecular formula is C13H15BrN4O. The van der Waals surface area contributed by atoms with Crippen LogP contribution in [0.1, 0.15) is 15.9 Å². The summed E-state index contributed by atoms with van der Waals surface area (Å²) in [6.45, 7) is 3.04. The molecule has 0 spiro atoms. The van der Waals surface area contributed by atoms with E-state index in [2.05, 4.69) is 26.3 Å². The standard InChI is InChI=1S/C13H15BrN4O/c1-9-3-2-4-11(12(9)14)13(19)16-5-6-18-8-10(15)7-17-18/h2-4,7-8H,5-6,15H2,1H3,(H,16,19). The molecule has 0 aliphatic rings. The van der Waals surface area contributed by atoms with Gasteiger partial charge in [-0.2, -0.15) is 5.10 Å². The molecule has 2 aromatic rings. The zero-order chi connectivity index (χ0) is 13.8. The van der Waals surface area contributed by atoms with Crippen LogP contribution < -0.4 is 11.1 Å². The summed E-state index contributed by atoms with van der Waals surface area (Å²) in [4.78, 5) is 12.0. The zero-order valence-electron chi connectivity index (χ0n) is 10.6. The highest BCUT2D eigenvalue weighted by Gasteiger charge is 2.10. The molecule has 1 amide bonds. The van der Waals surface area contributed by atoms with E-state index in [4.69, 9.17) is 5.73 Å². The third-order valence-electron chi connectivity index (χ3n) is 2.72. The van der Waals surface area contributed by atoms with E-state index in [9.17, 15) is 4.79 Å². The van der Waals surface area contributed by atoms with E-state index in [1.54, 1.807) is 23.1 Å². The minimum Gasteiger partial charge on any atom is -0.396 e. The number of aryl methyl sites for hydroxylation is 1. The van der Waals surface area contributed by atoms with E-state index in [-0.39, 0.29) is 5.91 Å². The average Bonchev–Trinajstić information content (AvgIpc) is 2.78. The van der Waals surface area contributed by atoms with Crippen LogP contribution in [-0.2, 0) is 6.54 Å². The third kappa shape index (κ3) is 3.35. The van der Waals surface area contributed by atoms with Crippen molar-refractivity contribution in [2.24, 2.45) is 0 Å². The Bertz CT molecular complexity index is 594. The Kier molecular flexibility index (Phi) is 4.21. The molecule has 19 heavy (non-hydrogen) atoms. The first-order valence-electron chi connectivity index (χ1n) is 5.89. The van der Waals surface area contributed by atoms with Gasteiger partial charge in [0.05, 0.1) is 24.0 Å². The average molecular weight is 323 g/mol. The number of nitrogens with zero attached hydrogens (tertiary/aromatic N) is 2. The fourth-order valence-corrected chi connectivity index (χ4v) is 2.15. The Balaban J connectivity index is 1.93. The van der Waals surface area contributed by atoms with Gasteiger partial charge in [-0.3, -0.25) is 9.48 Å². The van der Waals surface area contributed by atoms with Crippen molar-refractivity contribution in [2.75, 3.05) is 12.3 Å². The quantitative estimate of drug-likeness (QED) is 0.903. The number of anilines is 1. The highest BCUT2D eigenvalue weighted by Crippen LogP contribution is 2.20. The molecule has 0 atom stereocenters. The largest absolute Gasteiger partial charge is 0.396 e. The summed E-state index contributed by atoms with van der Waals surface area (Å²) in [6, 6.07) is 5.61. The Morgan fingerprint density at radius 3 is 3.00 bits per heavy atom. The number of hydrogen-bond donors (Lipinski definition) is 2. The summed E-state index contributed by atoms with van der Waals surface area (Å²) in [7, 11) is 0. The summed E-state index contributed by atoms with van der Waals surface area (Å²) >= 11 is 3.43. The second-order valence-electron chi connectivity index (χ2n) is 4.23. The second kappa shape index (κ2) is 5.88. The monoisotopic (exact) mass is 322 g/mol. The van der Waals surface area contributed by atoms with Gasteiger partial charge < -0.3 is 11.1 Å². The van der Waals surface area contributed by atoms with E-state index in [0.717, 1.165) is 10.0 Å². The molecule has 0 saturated carbocycles. The van der Waals surface area contributed by atoms with E-state index < -0.39 is 0 Å².